The van der Waals surface area contributed by atoms with E-state index < -0.39 is 0 Å². The molecule has 4 heteroatoms. The maximum Gasteiger partial charge on any atom is 0.251 e. The van der Waals surface area contributed by atoms with Crippen molar-refractivity contribution in [3.05, 3.63) is 23.8 Å². The highest BCUT2D eigenvalue weighted by Gasteiger charge is 2.31. The van der Waals surface area contributed by atoms with Gasteiger partial charge in [-0.15, -0.1) is 0 Å². The maximum absolute atomic E-state index is 11.6. The summed E-state index contributed by atoms with van der Waals surface area (Å²) in [6.45, 7) is 5.74. The lowest BCUT2D eigenvalue weighted by molar-refractivity contribution is 0.0956. The van der Waals surface area contributed by atoms with Gasteiger partial charge in [0.25, 0.3) is 5.91 Å². The minimum atomic E-state index is -0.0773. The number of hydrogen-bond acceptors (Lipinski definition) is 3. The second-order valence-corrected chi connectivity index (χ2v) is 5.02. The van der Waals surface area contributed by atoms with Crippen LogP contribution < -0.4 is 16.4 Å². The van der Waals surface area contributed by atoms with Crippen molar-refractivity contribution in [3.8, 4) is 0 Å². The van der Waals surface area contributed by atoms with Gasteiger partial charge in [-0.3, -0.25) is 4.79 Å². The molecule has 1 aromatic carbocycles. The van der Waals surface area contributed by atoms with E-state index in [0.717, 1.165) is 24.1 Å². The molecule has 1 amide bonds. The molecule has 0 aromatic heterocycles. The quantitative estimate of drug-likeness (QED) is 0.698. The molecular weight excluding hydrogens is 226 g/mol. The number of carbonyl (C=O) groups excluding carboxylic acids is 1. The summed E-state index contributed by atoms with van der Waals surface area (Å²) in [5.41, 5.74) is 8.12. The maximum atomic E-state index is 11.6. The highest BCUT2D eigenvalue weighted by atomic mass is 16.1. The summed E-state index contributed by atoms with van der Waals surface area (Å²) in [6, 6.07) is 5.41. The smallest absolute Gasteiger partial charge is 0.251 e. The lowest BCUT2D eigenvalue weighted by atomic mass is 10.1. The molecule has 1 saturated carbocycles. The standard InChI is InChI=1S/C14H21N3O/c1-3-16-14(18)10-4-5-13(12(15)7-10)17-8-11-6-9(11)2/h4-5,7,9,11,17H,3,6,8,15H2,1-2H3,(H,16,18). The van der Waals surface area contributed by atoms with E-state index in [0.29, 0.717) is 17.8 Å². The van der Waals surface area contributed by atoms with Gasteiger partial charge >= 0.3 is 0 Å². The van der Waals surface area contributed by atoms with Crippen molar-refractivity contribution in [2.24, 2.45) is 11.8 Å². The molecule has 2 rings (SSSR count). The Kier molecular flexibility index (Phi) is 3.75. The van der Waals surface area contributed by atoms with E-state index in [-0.39, 0.29) is 5.91 Å². The Balaban J connectivity index is 1.98. The molecule has 1 aliphatic rings. The first-order valence-corrected chi connectivity index (χ1v) is 6.53. The number of carbonyl (C=O) groups is 1. The topological polar surface area (TPSA) is 67.2 Å². The zero-order chi connectivity index (χ0) is 13.1. The van der Waals surface area contributed by atoms with Gasteiger partial charge in [-0.05, 0) is 43.4 Å². The predicted octanol–water partition coefficient (Wildman–Crippen LogP) is 2.09. The van der Waals surface area contributed by atoms with E-state index >= 15 is 0 Å². The van der Waals surface area contributed by atoms with Crippen LogP contribution in [0.2, 0.25) is 0 Å². The van der Waals surface area contributed by atoms with Crippen molar-refractivity contribution >= 4 is 17.3 Å². The normalized spacial score (nSPS) is 21.4. The Labute approximate surface area is 108 Å². The third-order valence-corrected chi connectivity index (χ3v) is 3.48. The first-order chi connectivity index (χ1) is 8.61. The lowest BCUT2D eigenvalue weighted by Gasteiger charge is -2.10. The number of benzene rings is 1. The van der Waals surface area contributed by atoms with Gasteiger partial charge in [0.2, 0.25) is 0 Å². The minimum Gasteiger partial charge on any atom is -0.397 e. The number of rotatable bonds is 5. The SMILES string of the molecule is CCNC(=O)c1ccc(NCC2CC2C)c(N)c1. The second kappa shape index (κ2) is 5.29. The molecule has 2 atom stereocenters. The van der Waals surface area contributed by atoms with Gasteiger partial charge in [0.05, 0.1) is 11.4 Å². The highest BCUT2D eigenvalue weighted by Crippen LogP contribution is 2.37. The fourth-order valence-electron chi connectivity index (χ4n) is 2.05. The molecule has 0 bridgehead atoms. The molecule has 2 unspecified atom stereocenters. The van der Waals surface area contributed by atoms with Gasteiger partial charge < -0.3 is 16.4 Å². The van der Waals surface area contributed by atoms with Crippen LogP contribution in [0.3, 0.4) is 0 Å². The van der Waals surface area contributed by atoms with Crippen LogP contribution in [0.25, 0.3) is 0 Å². The molecule has 1 fully saturated rings. The van der Waals surface area contributed by atoms with Crippen molar-refractivity contribution in [2.75, 3.05) is 24.1 Å². The van der Waals surface area contributed by atoms with Gasteiger partial charge in [0, 0.05) is 18.7 Å². The van der Waals surface area contributed by atoms with Crippen molar-refractivity contribution in [1.29, 1.82) is 0 Å². The summed E-state index contributed by atoms with van der Waals surface area (Å²) >= 11 is 0. The summed E-state index contributed by atoms with van der Waals surface area (Å²) < 4.78 is 0. The van der Waals surface area contributed by atoms with Crippen molar-refractivity contribution in [1.82, 2.24) is 5.32 Å². The van der Waals surface area contributed by atoms with E-state index in [9.17, 15) is 4.79 Å². The number of nitrogen functional groups attached to an aromatic ring is 1. The summed E-state index contributed by atoms with van der Waals surface area (Å²) in [7, 11) is 0. The van der Waals surface area contributed by atoms with E-state index in [1.807, 2.05) is 13.0 Å². The average Bonchev–Trinajstić information content (AvgIpc) is 3.04. The van der Waals surface area contributed by atoms with E-state index in [1.165, 1.54) is 6.42 Å². The van der Waals surface area contributed by atoms with Gasteiger partial charge in [-0.25, -0.2) is 0 Å². The second-order valence-electron chi connectivity index (χ2n) is 5.02. The number of hydrogen-bond donors (Lipinski definition) is 3. The summed E-state index contributed by atoms with van der Waals surface area (Å²) in [5, 5.41) is 6.11. The molecule has 0 heterocycles. The van der Waals surface area contributed by atoms with E-state index in [1.54, 1.807) is 12.1 Å². The molecule has 1 aliphatic carbocycles. The fourth-order valence-corrected chi connectivity index (χ4v) is 2.05. The third kappa shape index (κ3) is 2.94. The van der Waals surface area contributed by atoms with Crippen LogP contribution in [0.15, 0.2) is 18.2 Å². The summed E-state index contributed by atoms with van der Waals surface area (Å²) in [6.07, 6.45) is 1.30. The number of amides is 1. The van der Waals surface area contributed by atoms with Crippen molar-refractivity contribution in [2.45, 2.75) is 20.3 Å². The Morgan fingerprint density at radius 1 is 1.50 bits per heavy atom. The van der Waals surface area contributed by atoms with Gasteiger partial charge in [0.15, 0.2) is 0 Å². The Morgan fingerprint density at radius 3 is 2.78 bits per heavy atom. The summed E-state index contributed by atoms with van der Waals surface area (Å²) in [4.78, 5) is 11.6. The molecule has 18 heavy (non-hydrogen) atoms. The van der Waals surface area contributed by atoms with E-state index in [2.05, 4.69) is 17.6 Å². The van der Waals surface area contributed by atoms with E-state index in [4.69, 9.17) is 5.73 Å². The van der Waals surface area contributed by atoms with Crippen LogP contribution >= 0.6 is 0 Å². The third-order valence-electron chi connectivity index (χ3n) is 3.48. The van der Waals surface area contributed by atoms with Crippen LogP contribution in [0, 0.1) is 11.8 Å². The van der Waals surface area contributed by atoms with Gasteiger partial charge in [-0.1, -0.05) is 6.92 Å². The van der Waals surface area contributed by atoms with Crippen LogP contribution in [0.5, 0.6) is 0 Å². The molecule has 4 N–H and O–H groups in total. The molecule has 98 valence electrons. The lowest BCUT2D eigenvalue weighted by Crippen LogP contribution is -2.22. The molecule has 0 saturated heterocycles. The number of nitrogens with two attached hydrogens (primary N) is 1. The number of nitrogens with one attached hydrogen (secondary N) is 2. The van der Waals surface area contributed by atoms with Gasteiger partial charge in [-0.2, -0.15) is 0 Å². The fraction of sp³-hybridized carbons (Fsp3) is 0.500. The Hall–Kier alpha value is -1.71. The molecule has 0 aliphatic heterocycles. The zero-order valence-electron chi connectivity index (χ0n) is 11.0. The molecule has 0 spiro atoms. The van der Waals surface area contributed by atoms with Crippen molar-refractivity contribution < 1.29 is 4.79 Å². The zero-order valence-corrected chi connectivity index (χ0v) is 11.0. The highest BCUT2D eigenvalue weighted by molar-refractivity contribution is 5.96. The van der Waals surface area contributed by atoms with Crippen LogP contribution in [0.4, 0.5) is 11.4 Å². The first-order valence-electron chi connectivity index (χ1n) is 6.53. The first kappa shape index (κ1) is 12.7. The van der Waals surface area contributed by atoms with Crippen LogP contribution in [-0.2, 0) is 0 Å². The average molecular weight is 247 g/mol. The Bertz CT molecular complexity index is 445. The van der Waals surface area contributed by atoms with Crippen LogP contribution in [-0.4, -0.2) is 19.0 Å². The predicted molar refractivity (Wildman–Crippen MR) is 74.6 cm³/mol. The van der Waals surface area contributed by atoms with Crippen molar-refractivity contribution in [3.63, 3.8) is 0 Å². The largest absolute Gasteiger partial charge is 0.397 e. The van der Waals surface area contributed by atoms with Crippen LogP contribution in [0.1, 0.15) is 30.6 Å². The molecule has 1 aromatic rings. The summed E-state index contributed by atoms with van der Waals surface area (Å²) in [5.74, 6) is 1.52. The molecular formula is C14H21N3O. The van der Waals surface area contributed by atoms with Gasteiger partial charge in [0.1, 0.15) is 0 Å². The monoisotopic (exact) mass is 247 g/mol. The minimum absolute atomic E-state index is 0.0773. The molecule has 4 nitrogen and oxygen atoms in total. The molecule has 0 radical (unpaired) electrons. The Morgan fingerprint density at radius 2 is 2.22 bits per heavy atom. The number of anilines is 2.